The van der Waals surface area contributed by atoms with E-state index in [9.17, 15) is 24.6 Å². The third-order valence-corrected chi connectivity index (χ3v) is 8.61. The fourth-order valence-corrected chi connectivity index (χ4v) is 6.59. The fourth-order valence-electron chi connectivity index (χ4n) is 6.12. The second kappa shape index (κ2) is 12.6. The van der Waals surface area contributed by atoms with E-state index in [1.54, 1.807) is 26.0 Å². The molecular weight excluding hydrogens is 512 g/mol. The van der Waals surface area contributed by atoms with Crippen molar-refractivity contribution in [1.29, 1.82) is 0 Å². The maximum atomic E-state index is 14.1. The smallest absolute Gasteiger partial charge is 0.316 e. The molecule has 2 aliphatic carbocycles. The number of carbonyl (C=O) groups is 3. The lowest BCUT2D eigenvalue weighted by atomic mass is 9.55. The van der Waals surface area contributed by atoms with Gasteiger partial charge in [-0.3, -0.25) is 14.4 Å². The standard InChI is InChI=1S/C29H41ClO8/c1-5-22-20(12-28(4,36)16-37-15-21(32)14-31)10-11-23-19-9-7-6-8-17(2)38-27(35)18(3)25(33)29(30,13-19)26(34)24(22)23/h6-11,17-24,31-32,36H,5,12-16H2,1-4H3/b8-6+,9-7-/t17-,18-,19-,20+,21?,22+,23-,24-,28+,29?/m0/s1. The van der Waals surface area contributed by atoms with Gasteiger partial charge in [0.2, 0.25) is 0 Å². The van der Waals surface area contributed by atoms with Crippen LogP contribution in [0.1, 0.15) is 47.0 Å². The molecule has 8 nitrogen and oxygen atoms in total. The Balaban J connectivity index is 1.94. The molecule has 10 atom stereocenters. The summed E-state index contributed by atoms with van der Waals surface area (Å²) in [5.74, 6) is -4.22. The number of hydrogen-bond donors (Lipinski definition) is 3. The van der Waals surface area contributed by atoms with Gasteiger partial charge >= 0.3 is 5.97 Å². The molecule has 0 radical (unpaired) electrons. The van der Waals surface area contributed by atoms with Gasteiger partial charge in [-0.2, -0.15) is 0 Å². The van der Waals surface area contributed by atoms with Crippen molar-refractivity contribution < 1.29 is 39.2 Å². The Morgan fingerprint density at radius 3 is 2.50 bits per heavy atom. The Morgan fingerprint density at radius 1 is 1.16 bits per heavy atom. The molecule has 0 aromatic heterocycles. The molecule has 38 heavy (non-hydrogen) atoms. The average molecular weight is 553 g/mol. The molecule has 1 aliphatic heterocycles. The fraction of sp³-hybridized carbons (Fsp3) is 0.690. The molecule has 0 aromatic carbocycles. The largest absolute Gasteiger partial charge is 0.458 e. The maximum absolute atomic E-state index is 14.1. The lowest BCUT2D eigenvalue weighted by molar-refractivity contribution is -0.155. The SMILES string of the molecule is CC[C@H]1[C@@H]2C(=O)C3(Cl)C[C@H](/C=C\C=C\[C@H](C)OC(=O)[C@@H](C)C3=O)[C@@H]2C=C[C@@H]1C[C@@](C)(O)COCC(O)CO. The predicted molar refractivity (Wildman–Crippen MR) is 142 cm³/mol. The summed E-state index contributed by atoms with van der Waals surface area (Å²) in [6, 6.07) is 0. The molecule has 1 heterocycles. The third kappa shape index (κ3) is 6.65. The molecule has 3 rings (SSSR count). The summed E-state index contributed by atoms with van der Waals surface area (Å²) in [7, 11) is 0. The molecule has 3 N–H and O–H groups in total. The minimum Gasteiger partial charge on any atom is -0.458 e. The molecule has 9 heteroatoms. The van der Waals surface area contributed by atoms with Gasteiger partial charge in [0.05, 0.1) is 25.4 Å². The topological polar surface area (TPSA) is 130 Å². The van der Waals surface area contributed by atoms with Crippen LogP contribution in [-0.4, -0.2) is 75.4 Å². The number of fused-ring (bicyclic) bond motifs is 4. The van der Waals surface area contributed by atoms with Crippen molar-refractivity contribution in [3.05, 3.63) is 36.5 Å². The van der Waals surface area contributed by atoms with Crippen LogP contribution in [0.3, 0.4) is 0 Å². The summed E-state index contributed by atoms with van der Waals surface area (Å²) in [6.07, 6.45) is 10.9. The number of hydrogen-bond acceptors (Lipinski definition) is 8. The van der Waals surface area contributed by atoms with Crippen molar-refractivity contribution in [3.8, 4) is 0 Å². The van der Waals surface area contributed by atoms with Gasteiger partial charge in [-0.25, -0.2) is 0 Å². The van der Waals surface area contributed by atoms with Crippen molar-refractivity contribution in [2.45, 2.75) is 69.6 Å². The third-order valence-electron chi connectivity index (χ3n) is 8.08. The molecule has 2 unspecified atom stereocenters. The van der Waals surface area contributed by atoms with Gasteiger partial charge in [-0.1, -0.05) is 43.7 Å². The quantitative estimate of drug-likeness (QED) is 0.181. The van der Waals surface area contributed by atoms with E-state index in [0.29, 0.717) is 12.8 Å². The van der Waals surface area contributed by atoms with E-state index in [-0.39, 0.29) is 49.1 Å². The number of aliphatic hydroxyl groups is 3. The number of allylic oxidation sites excluding steroid dienone is 5. The van der Waals surface area contributed by atoms with Crippen LogP contribution in [0.2, 0.25) is 0 Å². The number of ether oxygens (including phenoxy) is 2. The van der Waals surface area contributed by atoms with Gasteiger partial charge in [0, 0.05) is 5.92 Å². The molecule has 0 amide bonds. The first-order chi connectivity index (χ1) is 17.8. The first-order valence-electron chi connectivity index (χ1n) is 13.4. The second-order valence-electron chi connectivity index (χ2n) is 11.3. The average Bonchev–Trinajstić information content (AvgIpc) is 2.87. The predicted octanol–water partition coefficient (Wildman–Crippen LogP) is 2.77. The highest BCUT2D eigenvalue weighted by Gasteiger charge is 2.59. The zero-order valence-electron chi connectivity index (χ0n) is 22.6. The molecule has 0 spiro atoms. The Kier molecular flexibility index (Phi) is 10.1. The van der Waals surface area contributed by atoms with Gasteiger partial charge in [0.1, 0.15) is 18.1 Å². The Hall–Kier alpha value is -1.84. The van der Waals surface area contributed by atoms with Crippen molar-refractivity contribution >= 4 is 29.1 Å². The number of halogens is 1. The van der Waals surface area contributed by atoms with Crippen LogP contribution in [0, 0.1) is 35.5 Å². The molecule has 1 fully saturated rings. The highest BCUT2D eigenvalue weighted by atomic mass is 35.5. The number of carbonyl (C=O) groups excluding carboxylic acids is 3. The van der Waals surface area contributed by atoms with Crippen LogP contribution in [0.25, 0.3) is 0 Å². The van der Waals surface area contributed by atoms with Crippen LogP contribution in [0.4, 0.5) is 0 Å². The van der Waals surface area contributed by atoms with Gasteiger partial charge in [0.15, 0.2) is 16.4 Å². The summed E-state index contributed by atoms with van der Waals surface area (Å²) >= 11 is 6.94. The lowest BCUT2D eigenvalue weighted by Crippen LogP contribution is -2.58. The van der Waals surface area contributed by atoms with Crippen LogP contribution in [0.15, 0.2) is 36.5 Å². The van der Waals surface area contributed by atoms with Crippen molar-refractivity contribution in [2.75, 3.05) is 19.8 Å². The minimum absolute atomic E-state index is 0.0550. The molecular formula is C29H41ClO8. The summed E-state index contributed by atoms with van der Waals surface area (Å²) in [6.45, 7) is 6.15. The van der Waals surface area contributed by atoms with Crippen molar-refractivity contribution in [1.82, 2.24) is 0 Å². The van der Waals surface area contributed by atoms with E-state index < -0.39 is 52.9 Å². The van der Waals surface area contributed by atoms with E-state index in [0.717, 1.165) is 0 Å². The number of alkyl halides is 1. The number of cyclic esters (lactones) is 1. The lowest BCUT2D eigenvalue weighted by Gasteiger charge is -2.49. The molecule has 0 aromatic rings. The summed E-state index contributed by atoms with van der Waals surface area (Å²) < 4.78 is 10.8. The zero-order valence-corrected chi connectivity index (χ0v) is 23.3. The summed E-state index contributed by atoms with van der Waals surface area (Å²) in [5.41, 5.74) is -1.26. The number of esters is 1. The Morgan fingerprint density at radius 2 is 1.84 bits per heavy atom. The summed E-state index contributed by atoms with van der Waals surface area (Å²) in [4.78, 5) is 38.5. The van der Waals surface area contributed by atoms with E-state index in [1.807, 2.05) is 31.2 Å². The number of ketones is 2. The van der Waals surface area contributed by atoms with Gasteiger partial charge in [-0.05, 0) is 63.4 Å². The maximum Gasteiger partial charge on any atom is 0.316 e. The van der Waals surface area contributed by atoms with E-state index in [1.165, 1.54) is 6.92 Å². The number of Topliss-reactive ketones (excluding diaryl/α,β-unsaturated/α-hetero) is 2. The van der Waals surface area contributed by atoms with Crippen LogP contribution >= 0.6 is 11.6 Å². The van der Waals surface area contributed by atoms with Gasteiger partial charge in [-0.15, -0.1) is 11.6 Å². The first-order valence-corrected chi connectivity index (χ1v) is 13.8. The Labute approximate surface area is 229 Å². The minimum atomic E-state index is -1.85. The number of rotatable bonds is 8. The second-order valence-corrected chi connectivity index (χ2v) is 12.0. The van der Waals surface area contributed by atoms with E-state index >= 15 is 0 Å². The van der Waals surface area contributed by atoms with Crippen LogP contribution < -0.4 is 0 Å². The van der Waals surface area contributed by atoms with E-state index in [2.05, 4.69) is 0 Å². The van der Waals surface area contributed by atoms with Gasteiger partial charge < -0.3 is 24.8 Å². The zero-order chi connectivity index (χ0) is 28.3. The first kappa shape index (κ1) is 30.7. The molecule has 1 saturated carbocycles. The van der Waals surface area contributed by atoms with Crippen molar-refractivity contribution in [3.63, 3.8) is 0 Å². The summed E-state index contributed by atoms with van der Waals surface area (Å²) in [5, 5.41) is 29.5. The van der Waals surface area contributed by atoms with Crippen LogP contribution in [0.5, 0.6) is 0 Å². The normalized spacial score (nSPS) is 39.7. The Bertz CT molecular complexity index is 972. The van der Waals surface area contributed by atoms with E-state index in [4.69, 9.17) is 26.2 Å². The molecule has 212 valence electrons. The highest BCUT2D eigenvalue weighted by molar-refractivity contribution is 6.48. The molecule has 2 bridgehead atoms. The highest BCUT2D eigenvalue weighted by Crippen LogP contribution is 2.52. The van der Waals surface area contributed by atoms with Crippen LogP contribution in [-0.2, 0) is 23.9 Å². The molecule has 3 aliphatic rings. The van der Waals surface area contributed by atoms with Crippen molar-refractivity contribution in [2.24, 2.45) is 35.5 Å². The molecule has 0 saturated heterocycles. The monoisotopic (exact) mass is 552 g/mol. The van der Waals surface area contributed by atoms with Gasteiger partial charge in [0.25, 0.3) is 0 Å². The number of aliphatic hydroxyl groups excluding tert-OH is 2.